The third kappa shape index (κ3) is 3.26. The summed E-state index contributed by atoms with van der Waals surface area (Å²) in [6, 6.07) is 8.49. The maximum atomic E-state index is 12.7. The molecule has 0 aromatic heterocycles. The lowest BCUT2D eigenvalue weighted by Crippen LogP contribution is -2.44. The van der Waals surface area contributed by atoms with Crippen molar-refractivity contribution in [2.45, 2.75) is 64.0 Å². The monoisotopic (exact) mass is 314 g/mol. The first-order valence-electron chi connectivity index (χ1n) is 8.56. The summed E-state index contributed by atoms with van der Waals surface area (Å²) in [7, 11) is 0. The van der Waals surface area contributed by atoms with Crippen LogP contribution in [0.15, 0.2) is 24.3 Å². The van der Waals surface area contributed by atoms with Gasteiger partial charge in [0.05, 0.1) is 6.04 Å². The van der Waals surface area contributed by atoms with Gasteiger partial charge in [-0.05, 0) is 35.8 Å². The van der Waals surface area contributed by atoms with Gasteiger partial charge in [0.1, 0.15) is 6.04 Å². The van der Waals surface area contributed by atoms with E-state index in [1.165, 1.54) is 11.1 Å². The van der Waals surface area contributed by atoms with Gasteiger partial charge in [-0.3, -0.25) is 9.59 Å². The Morgan fingerprint density at radius 2 is 1.87 bits per heavy atom. The van der Waals surface area contributed by atoms with Gasteiger partial charge in [0.25, 0.3) is 0 Å². The van der Waals surface area contributed by atoms with E-state index in [9.17, 15) is 9.59 Å². The molecule has 1 N–H and O–H groups in total. The minimum Gasteiger partial charge on any atom is -0.344 e. The van der Waals surface area contributed by atoms with E-state index in [4.69, 9.17) is 0 Å². The molecule has 2 heterocycles. The Balaban J connectivity index is 1.76. The molecule has 4 heteroatoms. The molecular weight excluding hydrogens is 288 g/mol. The van der Waals surface area contributed by atoms with Gasteiger partial charge in [0.2, 0.25) is 11.8 Å². The Bertz CT molecular complexity index is 601. The van der Waals surface area contributed by atoms with E-state index in [1.807, 2.05) is 4.90 Å². The number of likely N-dealkylation sites (tertiary alicyclic amines) is 1. The van der Waals surface area contributed by atoms with Crippen molar-refractivity contribution in [2.75, 3.05) is 6.54 Å². The highest BCUT2D eigenvalue weighted by Crippen LogP contribution is 2.34. The largest absolute Gasteiger partial charge is 0.344 e. The lowest BCUT2D eigenvalue weighted by atomic mass is 9.86. The minimum absolute atomic E-state index is 0.00590. The zero-order valence-corrected chi connectivity index (χ0v) is 14.3. The SMILES string of the molecule is CC(C)(C)c1ccc(C2CCCN2C(=O)[C@H]2CCC(=O)N2)cc1. The molecular formula is C19H26N2O2. The molecule has 0 saturated carbocycles. The summed E-state index contributed by atoms with van der Waals surface area (Å²) < 4.78 is 0. The second kappa shape index (κ2) is 5.99. The van der Waals surface area contributed by atoms with Gasteiger partial charge in [0, 0.05) is 13.0 Å². The zero-order valence-electron chi connectivity index (χ0n) is 14.3. The van der Waals surface area contributed by atoms with Gasteiger partial charge in [-0.1, -0.05) is 45.0 Å². The Labute approximate surface area is 138 Å². The molecule has 0 bridgehead atoms. The van der Waals surface area contributed by atoms with Gasteiger partial charge in [0.15, 0.2) is 0 Å². The van der Waals surface area contributed by atoms with E-state index < -0.39 is 0 Å². The molecule has 124 valence electrons. The van der Waals surface area contributed by atoms with E-state index in [0.717, 1.165) is 19.4 Å². The van der Waals surface area contributed by atoms with Crippen LogP contribution in [0, 0.1) is 0 Å². The number of nitrogens with one attached hydrogen (secondary N) is 1. The van der Waals surface area contributed by atoms with Crippen molar-refractivity contribution in [3.8, 4) is 0 Å². The van der Waals surface area contributed by atoms with Crippen LogP contribution in [0.1, 0.15) is 63.6 Å². The molecule has 2 saturated heterocycles. The molecule has 4 nitrogen and oxygen atoms in total. The maximum Gasteiger partial charge on any atom is 0.245 e. The number of rotatable bonds is 2. The van der Waals surface area contributed by atoms with Crippen molar-refractivity contribution in [1.82, 2.24) is 10.2 Å². The van der Waals surface area contributed by atoms with Gasteiger partial charge in [-0.15, -0.1) is 0 Å². The molecule has 23 heavy (non-hydrogen) atoms. The third-order valence-corrected chi connectivity index (χ3v) is 4.99. The molecule has 3 rings (SSSR count). The molecule has 1 aromatic rings. The van der Waals surface area contributed by atoms with Crippen LogP contribution >= 0.6 is 0 Å². The van der Waals surface area contributed by atoms with E-state index >= 15 is 0 Å². The third-order valence-electron chi connectivity index (χ3n) is 4.99. The van der Waals surface area contributed by atoms with Crippen LogP contribution in [0.5, 0.6) is 0 Å². The number of carbonyl (C=O) groups is 2. The van der Waals surface area contributed by atoms with Crippen LogP contribution < -0.4 is 5.32 Å². The summed E-state index contributed by atoms with van der Waals surface area (Å²) in [5.41, 5.74) is 2.64. The Morgan fingerprint density at radius 1 is 1.17 bits per heavy atom. The molecule has 1 aromatic carbocycles. The average Bonchev–Trinajstić information content (AvgIpc) is 3.14. The summed E-state index contributed by atoms with van der Waals surface area (Å²) in [5.74, 6) is 0.0758. The molecule has 1 unspecified atom stereocenters. The van der Waals surface area contributed by atoms with Crippen LogP contribution in [0.2, 0.25) is 0 Å². The highest BCUT2D eigenvalue weighted by Gasteiger charge is 2.36. The maximum absolute atomic E-state index is 12.7. The van der Waals surface area contributed by atoms with Crippen molar-refractivity contribution in [3.63, 3.8) is 0 Å². The Hall–Kier alpha value is -1.84. The van der Waals surface area contributed by atoms with Crippen molar-refractivity contribution < 1.29 is 9.59 Å². The zero-order chi connectivity index (χ0) is 16.6. The van der Waals surface area contributed by atoms with Crippen molar-refractivity contribution in [3.05, 3.63) is 35.4 Å². The standard InChI is InChI=1S/C19H26N2O2/c1-19(2,3)14-8-6-13(7-9-14)16-5-4-12-21(16)18(23)15-10-11-17(22)20-15/h6-9,15-16H,4-5,10-12H2,1-3H3,(H,20,22)/t15-,16?/m1/s1. The van der Waals surface area contributed by atoms with Crippen molar-refractivity contribution in [1.29, 1.82) is 0 Å². The quantitative estimate of drug-likeness (QED) is 0.912. The molecule has 2 atom stereocenters. The first-order chi connectivity index (χ1) is 10.9. The highest BCUT2D eigenvalue weighted by molar-refractivity contribution is 5.91. The number of hydrogen-bond acceptors (Lipinski definition) is 2. The first kappa shape index (κ1) is 16.0. The van der Waals surface area contributed by atoms with E-state index in [2.05, 4.69) is 50.4 Å². The van der Waals surface area contributed by atoms with Crippen LogP contribution in [-0.4, -0.2) is 29.3 Å². The first-order valence-corrected chi connectivity index (χ1v) is 8.56. The molecule has 0 radical (unpaired) electrons. The Kier molecular flexibility index (Phi) is 4.17. The Morgan fingerprint density at radius 3 is 2.43 bits per heavy atom. The molecule has 2 fully saturated rings. The van der Waals surface area contributed by atoms with Gasteiger partial charge in [-0.2, -0.15) is 0 Å². The molecule has 0 spiro atoms. The van der Waals surface area contributed by atoms with Crippen LogP contribution in [0.25, 0.3) is 0 Å². The normalized spacial score (nSPS) is 24.8. The number of nitrogens with zero attached hydrogens (tertiary/aromatic N) is 1. The summed E-state index contributed by atoms with van der Waals surface area (Å²) in [6.07, 6.45) is 3.12. The van der Waals surface area contributed by atoms with Crippen LogP contribution in [0.4, 0.5) is 0 Å². The fraction of sp³-hybridized carbons (Fsp3) is 0.579. The van der Waals surface area contributed by atoms with Gasteiger partial charge >= 0.3 is 0 Å². The average molecular weight is 314 g/mol. The molecule has 2 aliphatic rings. The lowest BCUT2D eigenvalue weighted by Gasteiger charge is -2.28. The van der Waals surface area contributed by atoms with Crippen molar-refractivity contribution in [2.24, 2.45) is 0 Å². The molecule has 0 aliphatic carbocycles. The smallest absolute Gasteiger partial charge is 0.245 e. The lowest BCUT2D eigenvalue weighted by molar-refractivity contribution is -0.135. The summed E-state index contributed by atoms with van der Waals surface area (Å²) in [5, 5.41) is 2.80. The topological polar surface area (TPSA) is 49.4 Å². The number of hydrogen-bond donors (Lipinski definition) is 1. The summed E-state index contributed by atoms with van der Waals surface area (Å²) in [4.78, 5) is 26.0. The van der Waals surface area contributed by atoms with Crippen LogP contribution in [0.3, 0.4) is 0 Å². The van der Waals surface area contributed by atoms with Gasteiger partial charge in [-0.25, -0.2) is 0 Å². The fourth-order valence-electron chi connectivity index (χ4n) is 3.58. The number of carbonyl (C=O) groups excluding carboxylic acids is 2. The van der Waals surface area contributed by atoms with E-state index in [0.29, 0.717) is 12.8 Å². The van der Waals surface area contributed by atoms with Crippen LogP contribution in [-0.2, 0) is 15.0 Å². The predicted octanol–water partition coefficient (Wildman–Crippen LogP) is 2.93. The number of amides is 2. The second-order valence-electron chi connectivity index (χ2n) is 7.72. The van der Waals surface area contributed by atoms with Gasteiger partial charge < -0.3 is 10.2 Å². The minimum atomic E-state index is -0.322. The second-order valence-corrected chi connectivity index (χ2v) is 7.72. The van der Waals surface area contributed by atoms with E-state index in [-0.39, 0.29) is 29.3 Å². The molecule has 2 aliphatic heterocycles. The fourth-order valence-corrected chi connectivity index (χ4v) is 3.58. The van der Waals surface area contributed by atoms with Crippen molar-refractivity contribution >= 4 is 11.8 Å². The summed E-state index contributed by atoms with van der Waals surface area (Å²) in [6.45, 7) is 7.40. The predicted molar refractivity (Wildman–Crippen MR) is 90.0 cm³/mol. The molecule has 2 amide bonds. The highest BCUT2D eigenvalue weighted by atomic mass is 16.2. The number of benzene rings is 1. The van der Waals surface area contributed by atoms with E-state index in [1.54, 1.807) is 0 Å². The summed E-state index contributed by atoms with van der Waals surface area (Å²) >= 11 is 0.